The third-order valence-electron chi connectivity index (χ3n) is 3.86. The molecule has 110 valence electrons. The number of thioether (sulfide) groups is 1. The van der Waals surface area contributed by atoms with Crippen LogP contribution in [0.15, 0.2) is 59.8 Å². The molecule has 3 heterocycles. The molecule has 3 aromatic rings. The molecule has 22 heavy (non-hydrogen) atoms. The second-order valence-electron chi connectivity index (χ2n) is 5.29. The molecule has 0 saturated heterocycles. The molecule has 4 rings (SSSR count). The highest BCUT2D eigenvalue weighted by molar-refractivity contribution is 7.99. The van der Waals surface area contributed by atoms with Crippen LogP contribution in [-0.2, 0) is 0 Å². The van der Waals surface area contributed by atoms with Gasteiger partial charge >= 0.3 is 0 Å². The van der Waals surface area contributed by atoms with Crippen molar-refractivity contribution in [3.8, 4) is 0 Å². The lowest BCUT2D eigenvalue weighted by Crippen LogP contribution is -2.30. The third-order valence-corrected chi connectivity index (χ3v) is 4.98. The molecule has 0 aliphatic carbocycles. The molecular weight excluding hydrogens is 294 g/mol. The van der Waals surface area contributed by atoms with E-state index in [4.69, 9.17) is 0 Å². The number of amides is 1. The average molecular weight is 309 g/mol. The minimum atomic E-state index is -0.115. The highest BCUT2D eigenvalue weighted by Crippen LogP contribution is 2.35. The quantitative estimate of drug-likeness (QED) is 0.790. The maximum Gasteiger partial charge on any atom is 0.271 e. The lowest BCUT2D eigenvalue weighted by atomic mass is 10.0. The smallest absolute Gasteiger partial charge is 0.271 e. The van der Waals surface area contributed by atoms with Gasteiger partial charge in [0.1, 0.15) is 11.3 Å². The monoisotopic (exact) mass is 309 g/mol. The molecule has 2 aromatic heterocycles. The Morgan fingerprint density at radius 2 is 2.09 bits per heavy atom. The van der Waals surface area contributed by atoms with Crippen LogP contribution in [0.1, 0.15) is 28.5 Å². The van der Waals surface area contributed by atoms with Gasteiger partial charge in [0.25, 0.3) is 5.91 Å². The summed E-state index contributed by atoms with van der Waals surface area (Å²) in [4.78, 5) is 18.1. The number of nitrogens with one attached hydrogen (secondary N) is 1. The summed E-state index contributed by atoms with van der Waals surface area (Å²) in [5, 5.41) is 3.12. The van der Waals surface area contributed by atoms with Gasteiger partial charge in [-0.3, -0.25) is 4.79 Å². The van der Waals surface area contributed by atoms with Crippen LogP contribution in [0, 0.1) is 0 Å². The Morgan fingerprint density at radius 3 is 3.00 bits per heavy atom. The standard InChI is InChI=1S/C17H15N3OS/c21-17(14-11-20-9-4-3-7-16(20)18-14)19-13-8-10-22-15-6-2-1-5-12(13)15/h1-7,9,11,13H,8,10H2,(H,19,21)/t13-/m0/s1. The average Bonchev–Trinajstić information content (AvgIpc) is 2.99. The van der Waals surface area contributed by atoms with Gasteiger partial charge in [-0.15, -0.1) is 11.8 Å². The van der Waals surface area contributed by atoms with Crippen LogP contribution < -0.4 is 5.32 Å². The number of aromatic nitrogens is 2. The normalized spacial score (nSPS) is 17.2. The fourth-order valence-electron chi connectivity index (χ4n) is 2.77. The van der Waals surface area contributed by atoms with Crippen molar-refractivity contribution < 1.29 is 4.79 Å². The van der Waals surface area contributed by atoms with E-state index < -0.39 is 0 Å². The van der Waals surface area contributed by atoms with E-state index >= 15 is 0 Å². The number of imidazole rings is 1. The van der Waals surface area contributed by atoms with Crippen LogP contribution >= 0.6 is 11.8 Å². The largest absolute Gasteiger partial charge is 0.344 e. The minimum absolute atomic E-state index is 0.0646. The lowest BCUT2D eigenvalue weighted by Gasteiger charge is -2.25. The Balaban J connectivity index is 1.60. The zero-order valence-electron chi connectivity index (χ0n) is 11.9. The fraction of sp³-hybridized carbons (Fsp3) is 0.176. The number of hydrogen-bond donors (Lipinski definition) is 1. The minimum Gasteiger partial charge on any atom is -0.344 e. The van der Waals surface area contributed by atoms with Gasteiger partial charge in [0.05, 0.1) is 6.04 Å². The van der Waals surface area contributed by atoms with E-state index in [0.717, 1.165) is 17.8 Å². The molecule has 0 saturated carbocycles. The van der Waals surface area contributed by atoms with E-state index in [0.29, 0.717) is 5.69 Å². The number of hydrogen-bond acceptors (Lipinski definition) is 3. The molecule has 5 heteroatoms. The van der Waals surface area contributed by atoms with Gasteiger partial charge in [-0.25, -0.2) is 4.98 Å². The molecule has 0 unspecified atom stereocenters. The Morgan fingerprint density at radius 1 is 1.23 bits per heavy atom. The maximum absolute atomic E-state index is 12.5. The van der Waals surface area contributed by atoms with E-state index in [1.165, 1.54) is 10.5 Å². The molecule has 0 radical (unpaired) electrons. The fourth-order valence-corrected chi connectivity index (χ4v) is 3.89. The van der Waals surface area contributed by atoms with Gasteiger partial charge in [-0.05, 0) is 30.2 Å². The topological polar surface area (TPSA) is 46.4 Å². The third kappa shape index (κ3) is 2.37. The Bertz CT molecular complexity index is 810. The van der Waals surface area contributed by atoms with Crippen molar-refractivity contribution in [2.75, 3.05) is 5.75 Å². The van der Waals surface area contributed by atoms with Gasteiger partial charge in [0.2, 0.25) is 0 Å². The summed E-state index contributed by atoms with van der Waals surface area (Å²) in [7, 11) is 0. The van der Waals surface area contributed by atoms with Crippen molar-refractivity contribution in [2.45, 2.75) is 17.4 Å². The number of benzene rings is 1. The molecule has 0 bridgehead atoms. The number of carbonyl (C=O) groups is 1. The van der Waals surface area contributed by atoms with Crippen LogP contribution in [0.2, 0.25) is 0 Å². The number of pyridine rings is 1. The molecule has 1 aliphatic heterocycles. The van der Waals surface area contributed by atoms with E-state index in [1.807, 2.05) is 52.7 Å². The van der Waals surface area contributed by atoms with Crippen LogP contribution in [0.5, 0.6) is 0 Å². The summed E-state index contributed by atoms with van der Waals surface area (Å²) in [6, 6.07) is 14.1. The first-order valence-corrected chi connectivity index (χ1v) is 8.26. The number of carbonyl (C=O) groups excluding carboxylic acids is 1. The molecule has 1 atom stereocenters. The Kier molecular flexibility index (Phi) is 3.35. The van der Waals surface area contributed by atoms with E-state index in [1.54, 1.807) is 6.20 Å². The predicted molar refractivity (Wildman–Crippen MR) is 87.2 cm³/mol. The van der Waals surface area contributed by atoms with E-state index in [9.17, 15) is 4.79 Å². The molecule has 0 fully saturated rings. The summed E-state index contributed by atoms with van der Waals surface area (Å²) >= 11 is 1.85. The second kappa shape index (κ2) is 5.50. The Labute approximate surface area is 132 Å². The first-order chi connectivity index (χ1) is 10.8. The van der Waals surface area contributed by atoms with Gasteiger partial charge in [-0.1, -0.05) is 24.3 Å². The summed E-state index contributed by atoms with van der Waals surface area (Å²) in [5.74, 6) is 0.906. The molecule has 4 nitrogen and oxygen atoms in total. The first kappa shape index (κ1) is 13.4. The highest BCUT2D eigenvalue weighted by Gasteiger charge is 2.23. The molecule has 1 aromatic carbocycles. The number of nitrogens with zero attached hydrogens (tertiary/aromatic N) is 2. The SMILES string of the molecule is O=C(N[C@H]1CCSc2ccccc21)c1cn2ccccc2n1. The first-order valence-electron chi connectivity index (χ1n) is 7.27. The highest BCUT2D eigenvalue weighted by atomic mass is 32.2. The lowest BCUT2D eigenvalue weighted by molar-refractivity contribution is 0.0930. The van der Waals surface area contributed by atoms with Crippen molar-refractivity contribution in [1.29, 1.82) is 0 Å². The molecule has 0 spiro atoms. The van der Waals surface area contributed by atoms with Crippen molar-refractivity contribution in [3.05, 3.63) is 66.1 Å². The van der Waals surface area contributed by atoms with Gasteiger partial charge < -0.3 is 9.72 Å². The van der Waals surface area contributed by atoms with Crippen LogP contribution in [-0.4, -0.2) is 21.0 Å². The zero-order chi connectivity index (χ0) is 14.9. The summed E-state index contributed by atoms with van der Waals surface area (Å²) in [6.07, 6.45) is 4.61. The zero-order valence-corrected chi connectivity index (χ0v) is 12.7. The van der Waals surface area contributed by atoms with Crippen molar-refractivity contribution in [2.24, 2.45) is 0 Å². The molecular formula is C17H15N3OS. The van der Waals surface area contributed by atoms with Gasteiger partial charge in [-0.2, -0.15) is 0 Å². The van der Waals surface area contributed by atoms with Crippen LogP contribution in [0.3, 0.4) is 0 Å². The van der Waals surface area contributed by atoms with E-state index in [2.05, 4.69) is 22.4 Å². The molecule has 1 aliphatic rings. The van der Waals surface area contributed by atoms with Crippen molar-refractivity contribution >= 4 is 23.3 Å². The van der Waals surface area contributed by atoms with Gasteiger partial charge in [0, 0.05) is 23.0 Å². The van der Waals surface area contributed by atoms with Crippen molar-refractivity contribution in [3.63, 3.8) is 0 Å². The summed E-state index contributed by atoms with van der Waals surface area (Å²) in [6.45, 7) is 0. The summed E-state index contributed by atoms with van der Waals surface area (Å²) in [5.41, 5.74) is 2.45. The number of rotatable bonds is 2. The molecule has 1 N–H and O–H groups in total. The van der Waals surface area contributed by atoms with Crippen LogP contribution in [0.25, 0.3) is 5.65 Å². The van der Waals surface area contributed by atoms with Crippen LogP contribution in [0.4, 0.5) is 0 Å². The number of fused-ring (bicyclic) bond motifs is 2. The van der Waals surface area contributed by atoms with E-state index in [-0.39, 0.29) is 11.9 Å². The van der Waals surface area contributed by atoms with Gasteiger partial charge in [0.15, 0.2) is 0 Å². The molecule has 1 amide bonds. The second-order valence-corrected chi connectivity index (χ2v) is 6.43. The predicted octanol–water partition coefficient (Wildman–Crippen LogP) is 3.30. The van der Waals surface area contributed by atoms with Crippen molar-refractivity contribution in [1.82, 2.24) is 14.7 Å². The summed E-state index contributed by atoms with van der Waals surface area (Å²) < 4.78 is 1.86. The maximum atomic E-state index is 12.5. The Hall–Kier alpha value is -2.27.